The van der Waals surface area contributed by atoms with Gasteiger partial charge in [-0.25, -0.2) is 13.2 Å². The van der Waals surface area contributed by atoms with Gasteiger partial charge in [-0.05, 0) is 41.3 Å². The van der Waals surface area contributed by atoms with Crippen molar-refractivity contribution in [1.82, 2.24) is 4.31 Å². The Morgan fingerprint density at radius 1 is 1.53 bits per heavy atom. The maximum Gasteiger partial charge on any atom is 0.254 e. The van der Waals surface area contributed by atoms with Crippen LogP contribution in [0.3, 0.4) is 0 Å². The third-order valence-corrected chi connectivity index (χ3v) is 7.63. The lowest BCUT2D eigenvalue weighted by atomic mass is 10.1. The Morgan fingerprint density at radius 3 is 2.84 bits per heavy atom. The highest BCUT2D eigenvalue weighted by Gasteiger charge is 2.34. The molecule has 1 unspecified atom stereocenters. The molecule has 0 bridgehead atoms. The van der Waals surface area contributed by atoms with Crippen molar-refractivity contribution >= 4 is 55.0 Å². The van der Waals surface area contributed by atoms with Crippen LogP contribution in [0, 0.1) is 0 Å². The van der Waals surface area contributed by atoms with E-state index in [0.29, 0.717) is 21.8 Å². The topological polar surface area (TPSA) is 66.8 Å². The summed E-state index contributed by atoms with van der Waals surface area (Å²) in [4.78, 5) is 14.0. The molecule has 104 valence electrons. The molecule has 0 N–H and O–H groups in total. The van der Waals surface area contributed by atoms with Crippen LogP contribution in [0.2, 0.25) is 5.02 Å². The summed E-state index contributed by atoms with van der Waals surface area (Å²) >= 11 is 10.1. The number of halogens is 2. The number of sulfonamides is 1. The molecule has 19 heavy (non-hydrogen) atoms. The molecule has 0 radical (unpaired) electrons. The summed E-state index contributed by atoms with van der Waals surface area (Å²) in [5.74, 6) is 0. The molecule has 0 saturated carbocycles. The predicted octanol–water partition coefficient (Wildman–Crippen LogP) is 3.00. The number of piperidine rings is 1. The molecular weight excluding hydrogens is 376 g/mol. The number of nitrogens with zero attached hydrogens (tertiary/aromatic N) is 2. The van der Waals surface area contributed by atoms with E-state index in [2.05, 4.69) is 20.9 Å². The van der Waals surface area contributed by atoms with E-state index in [9.17, 15) is 13.2 Å². The molecule has 1 fully saturated rings. The van der Waals surface area contributed by atoms with E-state index in [0.717, 1.165) is 24.2 Å². The minimum Gasteiger partial charge on any atom is -0.211 e. The molecular formula is C10H10BrClN2O3S2. The van der Waals surface area contributed by atoms with Gasteiger partial charge in [0.15, 0.2) is 0 Å². The van der Waals surface area contributed by atoms with Crippen LogP contribution < -0.4 is 0 Å². The van der Waals surface area contributed by atoms with E-state index in [1.54, 1.807) is 0 Å². The van der Waals surface area contributed by atoms with Gasteiger partial charge < -0.3 is 0 Å². The number of carbonyl (C=O) groups excluding carboxylic acids is 1. The summed E-state index contributed by atoms with van der Waals surface area (Å²) in [5, 5.41) is 0.357. The van der Waals surface area contributed by atoms with Crippen molar-refractivity contribution in [3.63, 3.8) is 0 Å². The van der Waals surface area contributed by atoms with Crippen molar-refractivity contribution in [2.75, 3.05) is 6.54 Å². The van der Waals surface area contributed by atoms with Gasteiger partial charge in [0.1, 0.15) is 10.4 Å². The Labute approximate surface area is 128 Å². The molecule has 1 aromatic rings. The van der Waals surface area contributed by atoms with E-state index in [4.69, 9.17) is 11.6 Å². The van der Waals surface area contributed by atoms with Gasteiger partial charge in [-0.15, -0.1) is 11.3 Å². The highest BCUT2D eigenvalue weighted by molar-refractivity contribution is 9.11. The van der Waals surface area contributed by atoms with E-state index >= 15 is 0 Å². The molecule has 0 spiro atoms. The Hall–Kier alpha value is -0.240. The van der Waals surface area contributed by atoms with E-state index < -0.39 is 16.2 Å². The lowest BCUT2D eigenvalue weighted by molar-refractivity contribution is 0.260. The number of rotatable bonds is 3. The second-order valence-corrected chi connectivity index (χ2v) is 8.89. The second-order valence-electron chi connectivity index (χ2n) is 4.00. The van der Waals surface area contributed by atoms with Gasteiger partial charge in [0, 0.05) is 6.54 Å². The summed E-state index contributed by atoms with van der Waals surface area (Å²) in [7, 11) is -3.67. The summed E-state index contributed by atoms with van der Waals surface area (Å²) in [6, 6.07) is 1.40. The maximum absolute atomic E-state index is 12.5. The molecule has 2 rings (SSSR count). The zero-order chi connectivity index (χ0) is 14.0. The molecule has 0 aliphatic carbocycles. The minimum atomic E-state index is -3.67. The zero-order valence-corrected chi connectivity index (χ0v) is 13.6. The highest BCUT2D eigenvalue weighted by atomic mass is 79.9. The van der Waals surface area contributed by atoms with Crippen LogP contribution >= 0.6 is 38.9 Å². The van der Waals surface area contributed by atoms with Gasteiger partial charge in [0.2, 0.25) is 6.08 Å². The third kappa shape index (κ3) is 3.09. The fourth-order valence-electron chi connectivity index (χ4n) is 1.93. The van der Waals surface area contributed by atoms with Crippen LogP contribution in [0.25, 0.3) is 0 Å². The van der Waals surface area contributed by atoms with Gasteiger partial charge in [-0.1, -0.05) is 11.6 Å². The van der Waals surface area contributed by atoms with Crippen molar-refractivity contribution < 1.29 is 13.2 Å². The summed E-state index contributed by atoms with van der Waals surface area (Å²) in [6.45, 7) is 0.352. The van der Waals surface area contributed by atoms with Gasteiger partial charge in [0.25, 0.3) is 10.0 Å². The van der Waals surface area contributed by atoms with E-state index in [1.807, 2.05) is 0 Å². The van der Waals surface area contributed by atoms with Crippen LogP contribution in [-0.4, -0.2) is 31.5 Å². The van der Waals surface area contributed by atoms with Crippen LogP contribution in [0.15, 0.2) is 19.1 Å². The summed E-state index contributed by atoms with van der Waals surface area (Å²) < 4.78 is 27.0. The molecule has 0 aromatic carbocycles. The van der Waals surface area contributed by atoms with Crippen molar-refractivity contribution in [1.29, 1.82) is 0 Å². The molecule has 1 aliphatic heterocycles. The van der Waals surface area contributed by atoms with Crippen LogP contribution in [0.1, 0.15) is 19.3 Å². The van der Waals surface area contributed by atoms with Crippen molar-refractivity contribution in [2.24, 2.45) is 4.99 Å². The third-order valence-electron chi connectivity index (χ3n) is 2.81. The Bertz CT molecular complexity index is 605. The van der Waals surface area contributed by atoms with Gasteiger partial charge in [0.05, 0.1) is 8.81 Å². The monoisotopic (exact) mass is 384 g/mol. The Kier molecular flexibility index (Phi) is 4.81. The normalized spacial score (nSPS) is 21.1. The summed E-state index contributed by atoms with van der Waals surface area (Å²) in [6.07, 6.45) is 2.92. The van der Waals surface area contributed by atoms with Gasteiger partial charge in [-0.2, -0.15) is 9.30 Å². The quantitative estimate of drug-likeness (QED) is 0.593. The highest BCUT2D eigenvalue weighted by Crippen LogP contribution is 2.37. The molecule has 1 aliphatic rings. The van der Waals surface area contributed by atoms with Gasteiger partial charge >= 0.3 is 0 Å². The first-order valence-electron chi connectivity index (χ1n) is 5.50. The van der Waals surface area contributed by atoms with Crippen LogP contribution in [0.4, 0.5) is 0 Å². The van der Waals surface area contributed by atoms with Gasteiger partial charge in [-0.3, -0.25) is 0 Å². The average molecular weight is 386 g/mol. The number of aliphatic imine (C=N–C) groups is 1. The van der Waals surface area contributed by atoms with Crippen molar-refractivity contribution in [3.05, 3.63) is 14.9 Å². The van der Waals surface area contributed by atoms with Crippen molar-refractivity contribution in [3.8, 4) is 0 Å². The molecule has 9 heteroatoms. The SMILES string of the molecule is O=C=NC1CCCCN1S(=O)(=O)c1cc(Cl)c(Br)s1. The fourth-order valence-corrected chi connectivity index (χ4v) is 6.05. The molecule has 2 heterocycles. The predicted molar refractivity (Wildman–Crippen MR) is 76.7 cm³/mol. The lowest BCUT2D eigenvalue weighted by Gasteiger charge is -2.30. The first-order chi connectivity index (χ1) is 8.96. The lowest BCUT2D eigenvalue weighted by Crippen LogP contribution is -2.42. The molecule has 5 nitrogen and oxygen atoms in total. The molecule has 0 amide bonds. The average Bonchev–Trinajstić information content (AvgIpc) is 2.71. The number of thiophene rings is 1. The zero-order valence-electron chi connectivity index (χ0n) is 9.67. The maximum atomic E-state index is 12.5. The van der Waals surface area contributed by atoms with Crippen molar-refractivity contribution in [2.45, 2.75) is 29.6 Å². The first kappa shape index (κ1) is 15.2. The molecule has 1 atom stereocenters. The summed E-state index contributed by atoms with van der Waals surface area (Å²) in [5.41, 5.74) is 0. The smallest absolute Gasteiger partial charge is 0.211 e. The van der Waals surface area contributed by atoms with Crippen LogP contribution in [0.5, 0.6) is 0 Å². The number of hydrogen-bond donors (Lipinski definition) is 0. The van der Waals surface area contributed by atoms with E-state index in [1.165, 1.54) is 16.5 Å². The minimum absolute atomic E-state index is 0.150. The molecule has 1 saturated heterocycles. The standard InChI is InChI=1S/C10H10BrClN2O3S2/c11-10-7(12)5-9(18-10)19(16,17)14-4-2-1-3-8(14)13-6-15/h5,8H,1-4H2. The largest absolute Gasteiger partial charge is 0.254 e. The fraction of sp³-hybridized carbons (Fsp3) is 0.500. The Morgan fingerprint density at radius 2 is 2.26 bits per heavy atom. The van der Waals surface area contributed by atoms with E-state index in [-0.39, 0.29) is 4.21 Å². The first-order valence-corrected chi connectivity index (χ1v) is 8.93. The van der Waals surface area contributed by atoms with Crippen LogP contribution in [-0.2, 0) is 14.8 Å². The molecule has 1 aromatic heterocycles. The Balaban J connectivity index is 2.39. The second kappa shape index (κ2) is 6.03. The number of isocyanates is 1. The number of hydrogen-bond acceptors (Lipinski definition) is 5.